The number of nitrogens with one attached hydrogen (secondary N) is 1. The van der Waals surface area contributed by atoms with Crippen LogP contribution >= 0.6 is 0 Å². The molecule has 0 aromatic heterocycles. The molecule has 2 aliphatic rings. The van der Waals surface area contributed by atoms with Crippen molar-refractivity contribution < 1.29 is 18.0 Å². The first-order chi connectivity index (χ1) is 13.8. The number of carbonyl (C=O) groups is 2. The second-order valence-corrected chi connectivity index (χ2v) is 9.08. The predicted molar refractivity (Wildman–Crippen MR) is 112 cm³/mol. The Balaban J connectivity index is 1.52. The Labute approximate surface area is 170 Å². The Morgan fingerprint density at radius 3 is 2.03 bits per heavy atom. The Morgan fingerprint density at radius 2 is 1.48 bits per heavy atom. The van der Waals surface area contributed by atoms with E-state index in [1.165, 1.54) is 12.1 Å². The van der Waals surface area contributed by atoms with Crippen molar-refractivity contribution in [2.45, 2.75) is 37.5 Å². The van der Waals surface area contributed by atoms with Crippen LogP contribution in [0, 0.1) is 6.92 Å². The van der Waals surface area contributed by atoms with Crippen LogP contribution in [0.5, 0.6) is 0 Å². The van der Waals surface area contributed by atoms with Gasteiger partial charge in [-0.2, -0.15) is 0 Å². The van der Waals surface area contributed by atoms with Gasteiger partial charge in [0.15, 0.2) is 0 Å². The van der Waals surface area contributed by atoms with Crippen molar-refractivity contribution in [2.75, 3.05) is 27.6 Å². The number of sulfonamides is 1. The Bertz CT molecular complexity index is 1060. The zero-order valence-corrected chi connectivity index (χ0v) is 17.0. The van der Waals surface area contributed by atoms with E-state index in [-0.39, 0.29) is 16.7 Å². The van der Waals surface area contributed by atoms with Crippen molar-refractivity contribution in [1.29, 1.82) is 0 Å². The van der Waals surface area contributed by atoms with Crippen LogP contribution in [0.2, 0.25) is 0 Å². The van der Waals surface area contributed by atoms with Crippen molar-refractivity contribution in [3.05, 3.63) is 48.0 Å². The van der Waals surface area contributed by atoms with Gasteiger partial charge in [-0.1, -0.05) is 0 Å². The summed E-state index contributed by atoms with van der Waals surface area (Å²) in [7, 11) is -3.76. The van der Waals surface area contributed by atoms with Crippen LogP contribution in [-0.2, 0) is 19.6 Å². The molecule has 2 aromatic carbocycles. The minimum atomic E-state index is -3.76. The zero-order chi connectivity index (χ0) is 20.6. The molecule has 2 aliphatic heterocycles. The van der Waals surface area contributed by atoms with Crippen molar-refractivity contribution in [1.82, 2.24) is 0 Å². The lowest BCUT2D eigenvalue weighted by Gasteiger charge is -2.19. The lowest BCUT2D eigenvalue weighted by Crippen LogP contribution is -2.24. The Morgan fingerprint density at radius 1 is 0.862 bits per heavy atom. The van der Waals surface area contributed by atoms with Crippen molar-refractivity contribution >= 4 is 38.9 Å². The number of hydrogen-bond donors (Lipinski definition) is 1. The highest BCUT2D eigenvalue weighted by atomic mass is 32.2. The van der Waals surface area contributed by atoms with Gasteiger partial charge in [-0.15, -0.1) is 0 Å². The maximum Gasteiger partial charge on any atom is 0.261 e. The molecule has 2 saturated heterocycles. The van der Waals surface area contributed by atoms with E-state index < -0.39 is 10.0 Å². The van der Waals surface area contributed by atoms with E-state index in [1.807, 2.05) is 6.92 Å². The van der Waals surface area contributed by atoms with Gasteiger partial charge in [0.25, 0.3) is 10.0 Å². The number of hydrogen-bond acceptors (Lipinski definition) is 4. The summed E-state index contributed by atoms with van der Waals surface area (Å²) in [6.07, 6.45) is 2.73. The van der Waals surface area contributed by atoms with E-state index in [4.69, 9.17) is 0 Å². The van der Waals surface area contributed by atoms with Crippen molar-refractivity contribution in [2.24, 2.45) is 0 Å². The van der Waals surface area contributed by atoms with Crippen LogP contribution in [0.4, 0.5) is 17.1 Å². The highest BCUT2D eigenvalue weighted by Gasteiger charge is 2.24. The average Bonchev–Trinajstić information content (AvgIpc) is 3.30. The number of rotatable bonds is 5. The second kappa shape index (κ2) is 7.51. The molecule has 29 heavy (non-hydrogen) atoms. The van der Waals surface area contributed by atoms with E-state index >= 15 is 0 Å². The summed E-state index contributed by atoms with van der Waals surface area (Å²) in [6.45, 7) is 3.21. The quantitative estimate of drug-likeness (QED) is 0.816. The minimum absolute atomic E-state index is 0.0609. The number of benzene rings is 2. The standard InChI is InChI=1S/C21H23N3O4S/c1-15-14-16(6-11-19(15)24-13-3-5-21(24)26)22-29(27,28)18-9-7-17(8-10-18)23-12-2-4-20(23)25/h6-11,14,22H,2-5,12-13H2,1H3. The van der Waals surface area contributed by atoms with Crippen LogP contribution in [0.3, 0.4) is 0 Å². The number of anilines is 3. The van der Waals surface area contributed by atoms with Gasteiger partial charge in [0, 0.05) is 43.0 Å². The molecule has 0 bridgehead atoms. The number of carbonyl (C=O) groups excluding carboxylic acids is 2. The molecule has 0 saturated carbocycles. The largest absolute Gasteiger partial charge is 0.312 e. The maximum atomic E-state index is 12.7. The van der Waals surface area contributed by atoms with Crippen LogP contribution < -0.4 is 14.5 Å². The molecular weight excluding hydrogens is 390 g/mol. The summed E-state index contributed by atoms with van der Waals surface area (Å²) in [4.78, 5) is 27.3. The van der Waals surface area contributed by atoms with Gasteiger partial charge in [0.2, 0.25) is 11.8 Å². The second-order valence-electron chi connectivity index (χ2n) is 7.40. The summed E-state index contributed by atoms with van der Waals surface area (Å²) < 4.78 is 28.1. The van der Waals surface area contributed by atoms with Gasteiger partial charge in [-0.25, -0.2) is 8.42 Å². The third kappa shape index (κ3) is 3.85. The van der Waals surface area contributed by atoms with Gasteiger partial charge >= 0.3 is 0 Å². The molecule has 2 heterocycles. The summed E-state index contributed by atoms with van der Waals surface area (Å²) in [5, 5.41) is 0. The van der Waals surface area contributed by atoms with Crippen LogP contribution in [0.15, 0.2) is 47.4 Å². The molecule has 8 heteroatoms. The van der Waals surface area contributed by atoms with E-state index in [1.54, 1.807) is 40.1 Å². The highest BCUT2D eigenvalue weighted by Crippen LogP contribution is 2.29. The number of amides is 2. The summed E-state index contributed by atoms with van der Waals surface area (Å²) in [5.74, 6) is 0.156. The smallest absolute Gasteiger partial charge is 0.261 e. The van der Waals surface area contributed by atoms with Gasteiger partial charge in [0.05, 0.1) is 4.90 Å². The monoisotopic (exact) mass is 413 g/mol. The topological polar surface area (TPSA) is 86.8 Å². The molecule has 0 aliphatic carbocycles. The lowest BCUT2D eigenvalue weighted by molar-refractivity contribution is -0.117. The molecule has 2 fully saturated rings. The molecule has 152 valence electrons. The van der Waals surface area contributed by atoms with Crippen LogP contribution in [0.25, 0.3) is 0 Å². The predicted octanol–water partition coefficient (Wildman–Crippen LogP) is 3.05. The summed E-state index contributed by atoms with van der Waals surface area (Å²) >= 11 is 0. The Kier molecular flexibility index (Phi) is 5.04. The highest BCUT2D eigenvalue weighted by molar-refractivity contribution is 7.92. The van der Waals surface area contributed by atoms with E-state index in [2.05, 4.69) is 4.72 Å². The molecule has 7 nitrogen and oxygen atoms in total. The third-order valence-corrected chi connectivity index (χ3v) is 6.74. The number of aryl methyl sites for hydroxylation is 1. The molecule has 2 aromatic rings. The third-order valence-electron chi connectivity index (χ3n) is 5.35. The molecule has 1 N–H and O–H groups in total. The maximum absolute atomic E-state index is 12.7. The summed E-state index contributed by atoms with van der Waals surface area (Å²) in [5.41, 5.74) is 2.80. The fourth-order valence-corrected chi connectivity index (χ4v) is 4.91. The van der Waals surface area contributed by atoms with Crippen molar-refractivity contribution in [3.63, 3.8) is 0 Å². The fraction of sp³-hybridized carbons (Fsp3) is 0.333. The van der Waals surface area contributed by atoms with E-state index in [0.717, 1.165) is 24.1 Å². The molecule has 0 radical (unpaired) electrons. The zero-order valence-electron chi connectivity index (χ0n) is 16.2. The fourth-order valence-electron chi connectivity index (χ4n) is 3.87. The van der Waals surface area contributed by atoms with Gasteiger partial charge in [-0.05, 0) is 67.8 Å². The SMILES string of the molecule is Cc1cc(NS(=O)(=O)c2ccc(N3CCCC3=O)cc2)ccc1N1CCCC1=O. The van der Waals surface area contributed by atoms with Crippen LogP contribution in [0.1, 0.15) is 31.2 Å². The van der Waals surface area contributed by atoms with Gasteiger partial charge in [-0.3, -0.25) is 14.3 Å². The first kappa shape index (κ1) is 19.4. The lowest BCUT2D eigenvalue weighted by atomic mass is 10.1. The first-order valence-electron chi connectivity index (χ1n) is 9.69. The van der Waals surface area contributed by atoms with Crippen molar-refractivity contribution in [3.8, 4) is 0 Å². The van der Waals surface area contributed by atoms with Gasteiger partial charge < -0.3 is 9.80 Å². The molecular formula is C21H23N3O4S. The Hall–Kier alpha value is -2.87. The normalized spacial score (nSPS) is 17.3. The number of nitrogens with zero attached hydrogens (tertiary/aromatic N) is 2. The van der Waals surface area contributed by atoms with Gasteiger partial charge in [0.1, 0.15) is 0 Å². The molecule has 0 atom stereocenters. The average molecular weight is 413 g/mol. The molecule has 4 rings (SSSR count). The molecule has 0 spiro atoms. The first-order valence-corrected chi connectivity index (χ1v) is 11.2. The van der Waals surface area contributed by atoms with Crippen LogP contribution in [-0.4, -0.2) is 33.3 Å². The molecule has 2 amide bonds. The van der Waals surface area contributed by atoms with E-state index in [9.17, 15) is 18.0 Å². The van der Waals surface area contributed by atoms with E-state index in [0.29, 0.717) is 37.3 Å². The minimum Gasteiger partial charge on any atom is -0.312 e. The summed E-state index contributed by atoms with van der Waals surface area (Å²) in [6, 6.07) is 11.5. The molecule has 0 unspecified atom stereocenters.